The molecule has 5 nitrogen and oxygen atoms in total. The van der Waals surface area contributed by atoms with E-state index < -0.39 is 12.1 Å². The second kappa shape index (κ2) is 5.92. The Morgan fingerprint density at radius 1 is 1.16 bits per heavy atom. The van der Waals surface area contributed by atoms with Crippen LogP contribution in [0, 0.1) is 24.7 Å². The molecule has 2 aliphatic heterocycles. The highest BCUT2D eigenvalue weighted by atomic mass is 16.8. The molecule has 2 aliphatic rings. The predicted molar refractivity (Wildman–Crippen MR) is 66.9 cm³/mol. The van der Waals surface area contributed by atoms with E-state index in [1.54, 1.807) is 0 Å². The minimum atomic E-state index is -0.683. The zero-order valence-corrected chi connectivity index (χ0v) is 11.1. The number of terminal acetylenes is 2. The predicted octanol–water partition coefficient (Wildman–Crippen LogP) is 0.531. The van der Waals surface area contributed by atoms with Gasteiger partial charge in [-0.15, -0.1) is 12.8 Å². The summed E-state index contributed by atoms with van der Waals surface area (Å²) in [5, 5.41) is 0. The molecule has 2 fully saturated rings. The Hall–Kier alpha value is -1.08. The summed E-state index contributed by atoms with van der Waals surface area (Å²) in [7, 11) is 0. The third-order valence-corrected chi connectivity index (χ3v) is 2.91. The van der Waals surface area contributed by atoms with Gasteiger partial charge >= 0.3 is 0 Å². The minimum Gasteiger partial charge on any atom is -0.366 e. The van der Waals surface area contributed by atoms with Crippen LogP contribution < -0.4 is 0 Å². The lowest BCUT2D eigenvalue weighted by Gasteiger charge is -2.25. The summed E-state index contributed by atoms with van der Waals surface area (Å²) in [6.07, 6.45) is 8.97. The largest absolute Gasteiger partial charge is 0.366 e. The van der Waals surface area contributed by atoms with Crippen LogP contribution in [0.5, 0.6) is 0 Å². The summed E-state index contributed by atoms with van der Waals surface area (Å²) in [5.74, 6) is 4.15. The molecule has 5 heteroatoms. The van der Waals surface area contributed by atoms with Crippen molar-refractivity contribution in [2.24, 2.45) is 0 Å². The van der Waals surface area contributed by atoms with Gasteiger partial charge in [0.25, 0.3) is 0 Å². The fourth-order valence-electron chi connectivity index (χ4n) is 2.26. The lowest BCUT2D eigenvalue weighted by Crippen LogP contribution is -2.39. The van der Waals surface area contributed by atoms with Crippen LogP contribution in [0.25, 0.3) is 0 Å². The van der Waals surface area contributed by atoms with E-state index in [0.717, 1.165) is 0 Å². The molecule has 19 heavy (non-hydrogen) atoms. The van der Waals surface area contributed by atoms with Crippen molar-refractivity contribution in [2.45, 2.75) is 44.2 Å². The smallest absolute Gasteiger partial charge is 0.190 e. The molecule has 104 valence electrons. The Bertz CT molecular complexity index is 392. The molecule has 0 aromatic rings. The van der Waals surface area contributed by atoms with Gasteiger partial charge in [0.05, 0.1) is 6.61 Å². The van der Waals surface area contributed by atoms with Gasteiger partial charge < -0.3 is 23.7 Å². The second-order valence-electron chi connectivity index (χ2n) is 4.84. The highest BCUT2D eigenvalue weighted by Crippen LogP contribution is 2.38. The standard InChI is InChI=1S/C14H18O5/c1-5-7-15-9-10-11(16-8-6-2)12-13(17-10)19-14(3,4)18-12/h1-2,10-13H,7-9H2,3-4H3/t10-,11+,12-,13-/m1/s1. The van der Waals surface area contributed by atoms with Gasteiger partial charge in [0, 0.05) is 0 Å². The Kier molecular flexibility index (Phi) is 4.46. The van der Waals surface area contributed by atoms with Crippen molar-refractivity contribution < 1.29 is 23.7 Å². The molecular formula is C14H18O5. The molecule has 4 atom stereocenters. The van der Waals surface area contributed by atoms with E-state index in [1.807, 2.05) is 13.8 Å². The number of hydrogen-bond acceptors (Lipinski definition) is 5. The number of fused-ring (bicyclic) bond motifs is 1. The van der Waals surface area contributed by atoms with Gasteiger partial charge in [-0.1, -0.05) is 11.8 Å². The maximum Gasteiger partial charge on any atom is 0.190 e. The van der Waals surface area contributed by atoms with Crippen molar-refractivity contribution >= 4 is 0 Å². The lowest BCUT2D eigenvalue weighted by molar-refractivity contribution is -0.222. The SMILES string of the molecule is C#CCOC[C@H]1O[C@@H]2OC(C)(C)O[C@@H]2[C@H]1OCC#C. The zero-order valence-electron chi connectivity index (χ0n) is 11.1. The first kappa shape index (κ1) is 14.3. The summed E-state index contributed by atoms with van der Waals surface area (Å²) >= 11 is 0. The third-order valence-electron chi connectivity index (χ3n) is 2.91. The van der Waals surface area contributed by atoms with Crippen LogP contribution in [0.3, 0.4) is 0 Å². The first-order valence-electron chi connectivity index (χ1n) is 6.15. The van der Waals surface area contributed by atoms with E-state index in [0.29, 0.717) is 6.61 Å². The van der Waals surface area contributed by atoms with Crippen molar-refractivity contribution in [3.63, 3.8) is 0 Å². The molecule has 0 aromatic carbocycles. The molecule has 0 spiro atoms. The zero-order chi connectivity index (χ0) is 13.9. The Morgan fingerprint density at radius 2 is 1.89 bits per heavy atom. The molecule has 0 unspecified atom stereocenters. The summed E-state index contributed by atoms with van der Waals surface area (Å²) in [4.78, 5) is 0. The normalized spacial score (nSPS) is 35.6. The molecule has 2 saturated heterocycles. The van der Waals surface area contributed by atoms with Crippen LogP contribution in [0.4, 0.5) is 0 Å². The molecule has 0 saturated carbocycles. The third kappa shape index (κ3) is 3.27. The van der Waals surface area contributed by atoms with Crippen LogP contribution >= 0.6 is 0 Å². The van der Waals surface area contributed by atoms with Crippen molar-refractivity contribution in [3.8, 4) is 24.7 Å². The van der Waals surface area contributed by atoms with Crippen molar-refractivity contribution in [3.05, 3.63) is 0 Å². The van der Waals surface area contributed by atoms with E-state index in [4.69, 9.17) is 36.5 Å². The second-order valence-corrected chi connectivity index (χ2v) is 4.84. The molecule has 0 radical (unpaired) electrons. The minimum absolute atomic E-state index is 0.187. The van der Waals surface area contributed by atoms with Crippen LogP contribution in [0.2, 0.25) is 0 Å². The topological polar surface area (TPSA) is 46.2 Å². The lowest BCUT2D eigenvalue weighted by atomic mass is 10.1. The van der Waals surface area contributed by atoms with Gasteiger partial charge in [-0.2, -0.15) is 0 Å². The molecule has 0 aliphatic carbocycles. The number of hydrogen-bond donors (Lipinski definition) is 0. The van der Waals surface area contributed by atoms with Gasteiger partial charge in [0.2, 0.25) is 0 Å². The fraction of sp³-hybridized carbons (Fsp3) is 0.714. The molecule has 0 bridgehead atoms. The summed E-state index contributed by atoms with van der Waals surface area (Å²) < 4.78 is 28.1. The Morgan fingerprint density at radius 3 is 2.58 bits per heavy atom. The average Bonchev–Trinajstić information content (AvgIpc) is 2.79. The van der Waals surface area contributed by atoms with Crippen molar-refractivity contribution in [1.82, 2.24) is 0 Å². The highest BCUT2D eigenvalue weighted by molar-refractivity contribution is 4.96. The molecule has 0 N–H and O–H groups in total. The van der Waals surface area contributed by atoms with Gasteiger partial charge in [0.15, 0.2) is 12.1 Å². The van der Waals surface area contributed by atoms with E-state index in [9.17, 15) is 0 Å². The number of ether oxygens (including phenoxy) is 5. The Labute approximate surface area is 113 Å². The quantitative estimate of drug-likeness (QED) is 0.536. The molecule has 0 aromatic heterocycles. The number of rotatable bonds is 5. The molecular weight excluding hydrogens is 248 g/mol. The van der Waals surface area contributed by atoms with E-state index in [2.05, 4.69) is 11.8 Å². The summed E-state index contributed by atoms with van der Waals surface area (Å²) in [5.41, 5.74) is 0. The van der Waals surface area contributed by atoms with E-state index >= 15 is 0 Å². The average molecular weight is 266 g/mol. The van der Waals surface area contributed by atoms with Gasteiger partial charge in [-0.25, -0.2) is 0 Å². The van der Waals surface area contributed by atoms with Gasteiger partial charge in [0.1, 0.15) is 31.5 Å². The molecule has 2 rings (SSSR count). The Balaban J connectivity index is 1.98. The highest BCUT2D eigenvalue weighted by Gasteiger charge is 2.55. The summed E-state index contributed by atoms with van der Waals surface area (Å²) in [6.45, 7) is 4.39. The van der Waals surface area contributed by atoms with Crippen LogP contribution in [0.15, 0.2) is 0 Å². The first-order valence-corrected chi connectivity index (χ1v) is 6.15. The maximum absolute atomic E-state index is 5.78. The van der Waals surface area contributed by atoms with Gasteiger partial charge in [-0.05, 0) is 13.8 Å². The van der Waals surface area contributed by atoms with Crippen LogP contribution in [-0.4, -0.2) is 50.2 Å². The van der Waals surface area contributed by atoms with E-state index in [-0.39, 0.29) is 31.5 Å². The summed E-state index contributed by atoms with van der Waals surface area (Å²) in [6, 6.07) is 0. The van der Waals surface area contributed by atoms with Crippen LogP contribution in [0.1, 0.15) is 13.8 Å². The van der Waals surface area contributed by atoms with Gasteiger partial charge in [-0.3, -0.25) is 0 Å². The van der Waals surface area contributed by atoms with E-state index in [1.165, 1.54) is 0 Å². The fourth-order valence-corrected chi connectivity index (χ4v) is 2.26. The maximum atomic E-state index is 5.78. The molecule has 0 amide bonds. The first-order chi connectivity index (χ1) is 9.07. The van der Waals surface area contributed by atoms with Crippen molar-refractivity contribution in [2.75, 3.05) is 19.8 Å². The molecule has 2 heterocycles. The van der Waals surface area contributed by atoms with Crippen LogP contribution in [-0.2, 0) is 23.7 Å². The monoisotopic (exact) mass is 266 g/mol. The van der Waals surface area contributed by atoms with Crippen molar-refractivity contribution in [1.29, 1.82) is 0 Å².